The molecule has 0 aliphatic carbocycles. The van der Waals surface area contributed by atoms with Gasteiger partial charge in [-0.15, -0.1) is 0 Å². The summed E-state index contributed by atoms with van der Waals surface area (Å²) in [6.45, 7) is 19.0. The number of ether oxygens (including phenoxy) is 3. The highest BCUT2D eigenvalue weighted by atomic mass is 33.1. The van der Waals surface area contributed by atoms with Crippen LogP contribution in [0.1, 0.15) is 107 Å². The number of rotatable bonds is 24. The van der Waals surface area contributed by atoms with E-state index in [0.717, 1.165) is 17.2 Å². The molecule has 63 heavy (non-hydrogen) atoms. The Labute approximate surface area is 384 Å². The van der Waals surface area contributed by atoms with Gasteiger partial charge in [-0.3, -0.25) is 29.5 Å². The van der Waals surface area contributed by atoms with Crippen LogP contribution in [0.4, 0.5) is 4.79 Å². The molecule has 358 valence electrons. The normalized spacial score (nSPS) is 18.6. The molecule has 2 rings (SSSR count). The molecule has 0 bridgehead atoms. The van der Waals surface area contributed by atoms with E-state index in [1.807, 2.05) is 73.6 Å². The molecular weight excluding hydrogens is 847 g/mol. The lowest BCUT2D eigenvalue weighted by molar-refractivity contribution is -0.148. The zero-order chi connectivity index (χ0) is 47.9. The van der Waals surface area contributed by atoms with Crippen LogP contribution < -0.4 is 16.4 Å². The quantitative estimate of drug-likeness (QED) is 0.0499. The molecule has 0 aromatic heterocycles. The van der Waals surface area contributed by atoms with Gasteiger partial charge in [0.25, 0.3) is 0 Å². The van der Waals surface area contributed by atoms with Gasteiger partial charge in [-0.05, 0) is 67.7 Å². The molecule has 1 unspecified atom stereocenters. The monoisotopic (exact) mass is 924 g/mol. The maximum atomic E-state index is 14.5. The third-order valence-corrected chi connectivity index (χ3v) is 15.0. The number of nitrogens with zero attached hydrogens (tertiary/aromatic N) is 3. The first kappa shape index (κ1) is 55.6. The van der Waals surface area contributed by atoms with E-state index in [-0.39, 0.29) is 53.7 Å². The van der Waals surface area contributed by atoms with Crippen molar-refractivity contribution < 1.29 is 43.3 Å². The van der Waals surface area contributed by atoms with Crippen LogP contribution in [0.15, 0.2) is 30.3 Å². The number of carbonyl (C=O) groups is 5. The molecule has 10 atom stereocenters. The lowest BCUT2D eigenvalue weighted by atomic mass is 9.89. The number of likely N-dealkylation sites (tertiary alicyclic amines) is 1. The van der Waals surface area contributed by atoms with E-state index in [9.17, 15) is 29.1 Å². The van der Waals surface area contributed by atoms with Crippen LogP contribution in [0.5, 0.6) is 0 Å². The van der Waals surface area contributed by atoms with Crippen LogP contribution in [0.3, 0.4) is 0 Å². The minimum atomic E-state index is -0.971. The number of methoxy groups -OCH3 is 2. The van der Waals surface area contributed by atoms with Gasteiger partial charge in [0, 0.05) is 34.9 Å². The molecule has 0 spiro atoms. The van der Waals surface area contributed by atoms with Crippen molar-refractivity contribution in [3.05, 3.63) is 35.9 Å². The minimum Gasteiger partial charge on any atom is -0.448 e. The van der Waals surface area contributed by atoms with Crippen LogP contribution in [0.25, 0.3) is 0 Å². The summed E-state index contributed by atoms with van der Waals surface area (Å²) in [4.78, 5) is 74.3. The van der Waals surface area contributed by atoms with Gasteiger partial charge in [0.2, 0.25) is 23.6 Å². The predicted molar refractivity (Wildman–Crippen MR) is 251 cm³/mol. The number of nitrogens with two attached hydrogens (primary N) is 1. The van der Waals surface area contributed by atoms with Crippen molar-refractivity contribution in [3.8, 4) is 0 Å². The second-order valence-electron chi connectivity index (χ2n) is 18.1. The number of aliphatic hydroxyl groups excluding tert-OH is 1. The Morgan fingerprint density at radius 3 is 2.10 bits per heavy atom. The van der Waals surface area contributed by atoms with E-state index < -0.39 is 71.2 Å². The van der Waals surface area contributed by atoms with E-state index in [0.29, 0.717) is 24.9 Å². The highest BCUT2D eigenvalue weighted by molar-refractivity contribution is 8.82. The number of aliphatic hydroxyl groups is 1. The van der Waals surface area contributed by atoms with Gasteiger partial charge in [-0.25, -0.2) is 4.79 Å². The van der Waals surface area contributed by atoms with Crippen molar-refractivity contribution in [2.75, 3.05) is 41.5 Å². The fraction of sp³-hybridized carbons (Fsp3) is 0.733. The Morgan fingerprint density at radius 2 is 1.57 bits per heavy atom. The number of benzene rings is 1. The summed E-state index contributed by atoms with van der Waals surface area (Å²) in [5, 5.41) is 24.2. The fourth-order valence-corrected chi connectivity index (χ4v) is 9.72. The molecule has 1 aliphatic heterocycles. The van der Waals surface area contributed by atoms with Crippen molar-refractivity contribution in [2.45, 2.75) is 148 Å². The predicted octanol–water partition coefficient (Wildman–Crippen LogP) is 5.43. The van der Waals surface area contributed by atoms with Crippen molar-refractivity contribution in [3.63, 3.8) is 0 Å². The Hall–Kier alpha value is -3.58. The molecule has 18 heteroatoms. The number of hydrogen-bond donors (Lipinski definition) is 5. The Kier molecular flexibility index (Phi) is 22.7. The van der Waals surface area contributed by atoms with Gasteiger partial charge in [0.05, 0.1) is 53.5 Å². The second-order valence-corrected chi connectivity index (χ2v) is 21.0. The summed E-state index contributed by atoms with van der Waals surface area (Å²) in [7, 11) is 8.58. The van der Waals surface area contributed by atoms with Crippen molar-refractivity contribution in [1.82, 2.24) is 25.3 Å². The lowest BCUT2D eigenvalue weighted by Crippen LogP contribution is -2.60. The van der Waals surface area contributed by atoms with Crippen LogP contribution in [0.2, 0.25) is 0 Å². The van der Waals surface area contributed by atoms with Gasteiger partial charge in [0.1, 0.15) is 18.7 Å². The molecule has 5 amide bonds. The summed E-state index contributed by atoms with van der Waals surface area (Å²) >= 11 is 0. The molecule has 0 saturated carbocycles. The van der Waals surface area contributed by atoms with E-state index in [2.05, 4.69) is 10.6 Å². The number of likely N-dealkylation sites (N-methyl/N-ethyl adjacent to an activating group) is 2. The van der Waals surface area contributed by atoms with Gasteiger partial charge >= 0.3 is 6.09 Å². The van der Waals surface area contributed by atoms with Crippen molar-refractivity contribution in [2.24, 2.45) is 29.4 Å². The number of hydrogen-bond acceptors (Lipinski definition) is 12. The van der Waals surface area contributed by atoms with E-state index in [1.165, 1.54) is 37.0 Å². The summed E-state index contributed by atoms with van der Waals surface area (Å²) in [5.74, 6) is -2.80. The molecule has 1 aromatic rings. The average Bonchev–Trinajstić information content (AvgIpc) is 3.73. The Bertz CT molecular complexity index is 1660. The molecule has 1 aliphatic rings. The SMILES string of the molecule is CC[C@H](C)[C@@H]([C@@H](CC(=O)N1CCC[C@H]1[C@H](OC)[C@@H](C)C(=O)N[C@H](C)[C@@H](O)c1ccccc1)OC)N(C)C(=O)[C@@H](NC(=O)C(C(C)C)N(C)C(=O)OCC(C)(C)SSC(=N)N)C(C)C. The summed E-state index contributed by atoms with van der Waals surface area (Å²) < 4.78 is 17.0. The molecular formula is C45H77N7O9S2. The van der Waals surface area contributed by atoms with E-state index >= 15 is 0 Å². The van der Waals surface area contributed by atoms with Crippen LogP contribution in [-0.4, -0.2) is 143 Å². The van der Waals surface area contributed by atoms with Crippen molar-refractivity contribution in [1.29, 1.82) is 5.41 Å². The highest BCUT2D eigenvalue weighted by Gasteiger charge is 2.44. The van der Waals surface area contributed by atoms with Gasteiger partial charge in [0.15, 0.2) is 5.17 Å². The zero-order valence-corrected chi connectivity index (χ0v) is 41.6. The third kappa shape index (κ3) is 15.8. The third-order valence-electron chi connectivity index (χ3n) is 12.0. The van der Waals surface area contributed by atoms with Crippen molar-refractivity contribution >= 4 is 56.5 Å². The molecule has 6 N–H and O–H groups in total. The van der Waals surface area contributed by atoms with Gasteiger partial charge in [-0.2, -0.15) is 0 Å². The number of amidine groups is 1. The smallest absolute Gasteiger partial charge is 0.410 e. The van der Waals surface area contributed by atoms with E-state index in [1.54, 1.807) is 42.8 Å². The topological polar surface area (TPSA) is 217 Å². The standard InChI is InChI=1S/C45H77N7O9S2/c1-15-28(6)37(50(11)42(57)35(26(2)3)49-41(56)36(27(4)5)51(12)44(58)61-25-45(9,10)63-62-43(46)47)33(59-13)24-34(53)52-23-19-22-32(52)39(60-14)29(7)40(55)48-30(8)38(54)31-20-17-16-18-21-31/h16-18,20-21,26-30,32-33,35-39,54H,15,19,22-25H2,1-14H3,(H3,46,47)(H,48,55)(H,49,56)/t28-,29+,30+,32-,33+,35-,36?,37-,38+,39+/m0/s1. The number of amides is 5. The summed E-state index contributed by atoms with van der Waals surface area (Å²) in [5.41, 5.74) is 6.16. The van der Waals surface area contributed by atoms with Crippen LogP contribution >= 0.6 is 21.6 Å². The Balaban J connectivity index is 2.26. The van der Waals surface area contributed by atoms with Gasteiger partial charge in [-0.1, -0.05) is 96.0 Å². The molecule has 0 radical (unpaired) electrons. The number of nitrogens with one attached hydrogen (secondary N) is 3. The van der Waals surface area contributed by atoms with Crippen LogP contribution in [0, 0.1) is 29.1 Å². The zero-order valence-electron chi connectivity index (χ0n) is 40.0. The molecule has 1 fully saturated rings. The largest absolute Gasteiger partial charge is 0.448 e. The molecule has 1 heterocycles. The van der Waals surface area contributed by atoms with Gasteiger partial charge < -0.3 is 45.5 Å². The maximum Gasteiger partial charge on any atom is 0.410 e. The summed E-state index contributed by atoms with van der Waals surface area (Å²) in [6, 6.07) is 5.67. The summed E-state index contributed by atoms with van der Waals surface area (Å²) in [6.07, 6.45) is -0.972. The maximum absolute atomic E-state index is 14.5. The molecule has 1 aromatic carbocycles. The molecule has 1 saturated heterocycles. The average molecular weight is 924 g/mol. The van der Waals surface area contributed by atoms with E-state index in [4.69, 9.17) is 25.4 Å². The second kappa shape index (κ2) is 25.8. The first-order valence-corrected chi connectivity index (χ1v) is 24.1. The Morgan fingerprint density at radius 1 is 0.952 bits per heavy atom. The lowest BCUT2D eigenvalue weighted by Gasteiger charge is -2.41. The highest BCUT2D eigenvalue weighted by Crippen LogP contribution is 2.36. The fourth-order valence-electron chi connectivity index (χ4n) is 8.21. The molecule has 16 nitrogen and oxygen atoms in total. The first-order valence-electron chi connectivity index (χ1n) is 22.0. The number of carbonyl (C=O) groups excluding carboxylic acids is 5. The first-order chi connectivity index (χ1) is 29.4. The minimum absolute atomic E-state index is 0.00790. The van der Waals surface area contributed by atoms with Crippen LogP contribution in [-0.2, 0) is 33.4 Å².